The van der Waals surface area contributed by atoms with Gasteiger partial charge in [0.05, 0.1) is 31.7 Å². The Kier molecular flexibility index (Phi) is 6.46. The van der Waals surface area contributed by atoms with Crippen LogP contribution in [0, 0.1) is 0 Å². The number of carbonyl (C=O) groups is 1. The number of nitrogens with one attached hydrogen (secondary N) is 1. The van der Waals surface area contributed by atoms with Crippen molar-refractivity contribution in [2.24, 2.45) is 0 Å². The number of morpholine rings is 1. The van der Waals surface area contributed by atoms with Crippen molar-refractivity contribution in [2.75, 3.05) is 56.5 Å². The summed E-state index contributed by atoms with van der Waals surface area (Å²) in [5.74, 6) is -0.00392. The second-order valence-electron chi connectivity index (χ2n) is 6.61. The number of sulfonamides is 1. The summed E-state index contributed by atoms with van der Waals surface area (Å²) in [5.41, 5.74) is 0.348. The predicted molar refractivity (Wildman–Crippen MR) is 103 cm³/mol. The molecule has 1 saturated heterocycles. The summed E-state index contributed by atoms with van der Waals surface area (Å²) < 4.78 is 36.5. The van der Waals surface area contributed by atoms with Crippen LogP contribution in [-0.2, 0) is 19.6 Å². The Balaban J connectivity index is 1.58. The highest BCUT2D eigenvalue weighted by molar-refractivity contribution is 7.92. The molecular formula is C17H24ClN3O5S. The minimum atomic E-state index is -3.57. The van der Waals surface area contributed by atoms with Gasteiger partial charge in [0, 0.05) is 24.7 Å². The van der Waals surface area contributed by atoms with Gasteiger partial charge in [-0.25, -0.2) is 8.42 Å². The maximum atomic E-state index is 12.5. The van der Waals surface area contributed by atoms with Crippen molar-refractivity contribution in [1.29, 1.82) is 0 Å². The first-order chi connectivity index (χ1) is 12.8. The Bertz CT molecular complexity index is 783. The third-order valence-corrected chi connectivity index (χ3v) is 5.92. The number of hydrogen-bond donors (Lipinski definition) is 1. The molecule has 1 N–H and O–H groups in total. The number of anilines is 1. The second-order valence-corrected chi connectivity index (χ2v) is 8.95. The highest BCUT2D eigenvalue weighted by atomic mass is 35.5. The topological polar surface area (TPSA) is 88.2 Å². The lowest BCUT2D eigenvalue weighted by atomic mass is 10.2. The van der Waals surface area contributed by atoms with Gasteiger partial charge in [-0.15, -0.1) is 0 Å². The molecule has 150 valence electrons. The Morgan fingerprint density at radius 2 is 2.07 bits per heavy atom. The summed E-state index contributed by atoms with van der Waals surface area (Å²) in [6.45, 7) is 4.60. The summed E-state index contributed by atoms with van der Waals surface area (Å²) >= 11 is 5.97. The van der Waals surface area contributed by atoms with Gasteiger partial charge in [-0.2, -0.15) is 0 Å². The quantitative estimate of drug-likeness (QED) is 0.686. The van der Waals surface area contributed by atoms with Gasteiger partial charge in [0.1, 0.15) is 5.75 Å². The zero-order chi connectivity index (χ0) is 19.4. The molecule has 0 spiro atoms. The summed E-state index contributed by atoms with van der Waals surface area (Å²) in [6.07, 6.45) is 0.998. The summed E-state index contributed by atoms with van der Waals surface area (Å²) in [5, 5.41) is 3.24. The average Bonchev–Trinajstić information content (AvgIpc) is 2.64. The molecule has 2 aliphatic rings. The number of ether oxygens (including phenoxy) is 2. The normalized spacial score (nSPS) is 20.7. The van der Waals surface area contributed by atoms with Gasteiger partial charge in [-0.05, 0) is 31.2 Å². The standard InChI is InChI=1S/C17H24ClN3O5S/c1-27(23,24)21-12-16(26-15-4-3-13(18)11-14(15)21)17(22)19-5-2-6-20-7-9-25-10-8-20/h3-4,11,16H,2,5-10,12H2,1H3,(H,19,22)/t16-/m1/s1. The van der Waals surface area contributed by atoms with E-state index < -0.39 is 16.1 Å². The fraction of sp³-hybridized carbons (Fsp3) is 0.588. The van der Waals surface area contributed by atoms with Crippen LogP contribution in [-0.4, -0.2) is 77.5 Å². The number of rotatable bonds is 6. The molecular weight excluding hydrogens is 394 g/mol. The van der Waals surface area contributed by atoms with Crippen LogP contribution >= 0.6 is 11.6 Å². The fourth-order valence-electron chi connectivity index (χ4n) is 3.13. The summed E-state index contributed by atoms with van der Waals surface area (Å²) in [4.78, 5) is 14.8. The largest absolute Gasteiger partial charge is 0.476 e. The Labute approximate surface area is 164 Å². The first-order valence-electron chi connectivity index (χ1n) is 8.86. The molecule has 1 aromatic rings. The molecule has 0 unspecified atom stereocenters. The molecule has 27 heavy (non-hydrogen) atoms. The number of halogens is 1. The number of hydrogen-bond acceptors (Lipinski definition) is 6. The highest BCUT2D eigenvalue weighted by Gasteiger charge is 2.35. The van der Waals surface area contributed by atoms with Crippen LogP contribution in [0.25, 0.3) is 0 Å². The van der Waals surface area contributed by atoms with Crippen molar-refractivity contribution >= 4 is 33.2 Å². The second kappa shape index (κ2) is 8.64. The van der Waals surface area contributed by atoms with Crippen molar-refractivity contribution in [3.8, 4) is 5.75 Å². The van der Waals surface area contributed by atoms with Crippen LogP contribution in [0.4, 0.5) is 5.69 Å². The fourth-order valence-corrected chi connectivity index (χ4v) is 4.20. The van der Waals surface area contributed by atoms with E-state index in [1.165, 1.54) is 6.07 Å². The molecule has 1 amide bonds. The van der Waals surface area contributed by atoms with Crippen LogP contribution in [0.1, 0.15) is 6.42 Å². The predicted octanol–water partition coefficient (Wildman–Crippen LogP) is 0.706. The van der Waals surface area contributed by atoms with Crippen LogP contribution in [0.2, 0.25) is 5.02 Å². The molecule has 0 radical (unpaired) electrons. The molecule has 2 heterocycles. The summed E-state index contributed by atoms with van der Waals surface area (Å²) in [6, 6.07) is 4.70. The van der Waals surface area contributed by atoms with E-state index in [0.29, 0.717) is 23.0 Å². The van der Waals surface area contributed by atoms with Gasteiger partial charge >= 0.3 is 0 Å². The van der Waals surface area contributed by atoms with Gasteiger partial charge in [0.2, 0.25) is 10.0 Å². The van der Waals surface area contributed by atoms with E-state index in [9.17, 15) is 13.2 Å². The highest BCUT2D eigenvalue weighted by Crippen LogP contribution is 2.37. The van der Waals surface area contributed by atoms with E-state index in [2.05, 4.69) is 10.2 Å². The van der Waals surface area contributed by atoms with Crippen molar-refractivity contribution in [1.82, 2.24) is 10.2 Å². The lowest BCUT2D eigenvalue weighted by Crippen LogP contribution is -2.50. The minimum Gasteiger partial charge on any atom is -0.476 e. The van der Waals surface area contributed by atoms with Gasteiger partial charge in [0.25, 0.3) is 5.91 Å². The van der Waals surface area contributed by atoms with Crippen molar-refractivity contribution in [2.45, 2.75) is 12.5 Å². The van der Waals surface area contributed by atoms with E-state index in [0.717, 1.165) is 49.8 Å². The van der Waals surface area contributed by atoms with Gasteiger partial charge < -0.3 is 14.8 Å². The third-order valence-electron chi connectivity index (χ3n) is 4.54. The molecule has 1 fully saturated rings. The molecule has 0 aromatic heterocycles. The van der Waals surface area contributed by atoms with Crippen molar-refractivity contribution < 1.29 is 22.7 Å². The zero-order valence-electron chi connectivity index (χ0n) is 15.2. The molecule has 2 aliphatic heterocycles. The molecule has 1 atom stereocenters. The van der Waals surface area contributed by atoms with Gasteiger partial charge in [0.15, 0.2) is 6.10 Å². The molecule has 0 aliphatic carbocycles. The molecule has 1 aromatic carbocycles. The van der Waals surface area contributed by atoms with E-state index in [1.807, 2.05) is 0 Å². The van der Waals surface area contributed by atoms with E-state index in [-0.39, 0.29) is 12.5 Å². The average molecular weight is 418 g/mol. The minimum absolute atomic E-state index is 0.0819. The lowest BCUT2D eigenvalue weighted by molar-refractivity contribution is -0.127. The molecule has 10 heteroatoms. The maximum absolute atomic E-state index is 12.5. The first-order valence-corrected chi connectivity index (χ1v) is 11.1. The SMILES string of the molecule is CS(=O)(=O)N1C[C@H](C(=O)NCCCN2CCOCC2)Oc2ccc(Cl)cc21. The van der Waals surface area contributed by atoms with Gasteiger partial charge in [-0.1, -0.05) is 11.6 Å². The van der Waals surface area contributed by atoms with Crippen LogP contribution < -0.4 is 14.4 Å². The molecule has 0 saturated carbocycles. The first kappa shape index (κ1) is 20.2. The van der Waals surface area contributed by atoms with Crippen LogP contribution in [0.3, 0.4) is 0 Å². The maximum Gasteiger partial charge on any atom is 0.263 e. The number of benzene rings is 1. The van der Waals surface area contributed by atoms with E-state index in [4.69, 9.17) is 21.1 Å². The van der Waals surface area contributed by atoms with Crippen LogP contribution in [0.5, 0.6) is 5.75 Å². The van der Waals surface area contributed by atoms with E-state index >= 15 is 0 Å². The molecule has 3 rings (SSSR count). The Hall–Kier alpha value is -1.55. The van der Waals surface area contributed by atoms with Crippen LogP contribution in [0.15, 0.2) is 18.2 Å². The lowest BCUT2D eigenvalue weighted by Gasteiger charge is -2.34. The molecule has 8 nitrogen and oxygen atoms in total. The monoisotopic (exact) mass is 417 g/mol. The van der Waals surface area contributed by atoms with Gasteiger partial charge in [-0.3, -0.25) is 14.0 Å². The Morgan fingerprint density at radius 3 is 2.78 bits per heavy atom. The number of carbonyl (C=O) groups excluding carboxylic acids is 1. The number of fused-ring (bicyclic) bond motifs is 1. The van der Waals surface area contributed by atoms with Crippen molar-refractivity contribution in [3.63, 3.8) is 0 Å². The third kappa shape index (κ3) is 5.25. The summed E-state index contributed by atoms with van der Waals surface area (Å²) in [7, 11) is -3.57. The van der Waals surface area contributed by atoms with Crippen molar-refractivity contribution in [3.05, 3.63) is 23.2 Å². The zero-order valence-corrected chi connectivity index (χ0v) is 16.8. The van der Waals surface area contributed by atoms with E-state index in [1.54, 1.807) is 12.1 Å². The Morgan fingerprint density at radius 1 is 1.33 bits per heavy atom. The number of amides is 1. The molecule has 0 bridgehead atoms. The smallest absolute Gasteiger partial charge is 0.263 e. The number of nitrogens with zero attached hydrogens (tertiary/aromatic N) is 2.